The minimum absolute atomic E-state index is 0.00161. The molecule has 0 bridgehead atoms. The van der Waals surface area contributed by atoms with Crippen molar-refractivity contribution in [3.63, 3.8) is 0 Å². The van der Waals surface area contributed by atoms with E-state index in [0.29, 0.717) is 30.0 Å². The molecule has 0 radical (unpaired) electrons. The van der Waals surface area contributed by atoms with Crippen molar-refractivity contribution in [2.75, 3.05) is 26.2 Å². The minimum Gasteiger partial charge on any atom is -0.491 e. The van der Waals surface area contributed by atoms with Crippen LogP contribution in [0.1, 0.15) is 41.6 Å². The Hall–Kier alpha value is -2.89. The molecule has 0 N–H and O–H groups in total. The van der Waals surface area contributed by atoms with Crippen molar-refractivity contribution in [2.45, 2.75) is 38.1 Å². The van der Waals surface area contributed by atoms with E-state index in [9.17, 15) is 14.0 Å². The highest BCUT2D eigenvalue weighted by atomic mass is 19.1. The summed E-state index contributed by atoms with van der Waals surface area (Å²) in [5, 5.41) is 0. The number of nitrogens with zero attached hydrogens (tertiary/aromatic N) is 2. The molecule has 2 aromatic carbocycles. The highest BCUT2D eigenvalue weighted by Crippen LogP contribution is 2.22. The van der Waals surface area contributed by atoms with Crippen LogP contribution in [0.2, 0.25) is 0 Å². The molecule has 0 aromatic heterocycles. The van der Waals surface area contributed by atoms with Crippen molar-refractivity contribution in [1.29, 1.82) is 0 Å². The van der Waals surface area contributed by atoms with Gasteiger partial charge in [-0.2, -0.15) is 0 Å². The van der Waals surface area contributed by atoms with E-state index in [2.05, 4.69) is 0 Å². The predicted molar refractivity (Wildman–Crippen MR) is 112 cm³/mol. The number of carbonyl (C=O) groups is 2. The monoisotopic (exact) mass is 410 g/mol. The molecule has 5 nitrogen and oxygen atoms in total. The molecule has 30 heavy (non-hydrogen) atoms. The molecule has 4 rings (SSSR count). The van der Waals surface area contributed by atoms with E-state index < -0.39 is 0 Å². The van der Waals surface area contributed by atoms with Crippen molar-refractivity contribution >= 4 is 11.8 Å². The number of carbonyl (C=O) groups excluding carboxylic acids is 2. The maximum atomic E-state index is 13.4. The van der Waals surface area contributed by atoms with Crippen LogP contribution >= 0.6 is 0 Å². The highest BCUT2D eigenvalue weighted by molar-refractivity contribution is 5.94. The van der Waals surface area contributed by atoms with E-state index in [-0.39, 0.29) is 30.1 Å². The Bertz CT molecular complexity index is 894. The summed E-state index contributed by atoms with van der Waals surface area (Å²) in [5.41, 5.74) is 1.36. The van der Waals surface area contributed by atoms with Crippen molar-refractivity contribution in [2.24, 2.45) is 0 Å². The second-order valence-corrected chi connectivity index (χ2v) is 8.02. The number of hydrogen-bond acceptors (Lipinski definition) is 3. The summed E-state index contributed by atoms with van der Waals surface area (Å²) in [7, 11) is 0. The van der Waals surface area contributed by atoms with Crippen LogP contribution in [0.3, 0.4) is 0 Å². The van der Waals surface area contributed by atoms with Crippen LogP contribution in [-0.4, -0.2) is 53.9 Å². The summed E-state index contributed by atoms with van der Waals surface area (Å²) in [5.74, 6) is 0.438. The van der Waals surface area contributed by atoms with Gasteiger partial charge in [0, 0.05) is 25.2 Å². The number of benzene rings is 2. The average Bonchev–Trinajstić information content (AvgIpc) is 3.44. The van der Waals surface area contributed by atoms with Gasteiger partial charge in [-0.15, -0.1) is 0 Å². The van der Waals surface area contributed by atoms with E-state index in [0.717, 1.165) is 38.8 Å². The Morgan fingerprint density at radius 3 is 2.50 bits per heavy atom. The summed E-state index contributed by atoms with van der Waals surface area (Å²) in [6, 6.07) is 13.4. The lowest BCUT2D eigenvalue weighted by atomic mass is 10.1. The lowest BCUT2D eigenvalue weighted by molar-refractivity contribution is -0.131. The number of halogens is 1. The first kappa shape index (κ1) is 20.4. The van der Waals surface area contributed by atoms with E-state index in [1.807, 2.05) is 21.9 Å². The van der Waals surface area contributed by atoms with E-state index in [4.69, 9.17) is 4.74 Å². The summed E-state index contributed by atoms with van der Waals surface area (Å²) < 4.78 is 19.3. The Labute approximate surface area is 176 Å². The van der Waals surface area contributed by atoms with Gasteiger partial charge in [-0.05, 0) is 67.6 Å². The fraction of sp³-hybridized carbons (Fsp3) is 0.417. The second kappa shape index (κ2) is 9.28. The highest BCUT2D eigenvalue weighted by Gasteiger charge is 2.29. The average molecular weight is 410 g/mol. The predicted octanol–water partition coefficient (Wildman–Crippen LogP) is 3.67. The summed E-state index contributed by atoms with van der Waals surface area (Å²) in [4.78, 5) is 28.9. The van der Waals surface area contributed by atoms with Crippen molar-refractivity contribution in [3.8, 4) is 5.75 Å². The van der Waals surface area contributed by atoms with Crippen LogP contribution in [0.4, 0.5) is 4.39 Å². The zero-order valence-corrected chi connectivity index (χ0v) is 17.1. The fourth-order valence-corrected chi connectivity index (χ4v) is 4.25. The molecule has 2 fully saturated rings. The van der Waals surface area contributed by atoms with E-state index in [1.54, 1.807) is 24.3 Å². The topological polar surface area (TPSA) is 49.9 Å². The SMILES string of the molecule is O=C(c1ccc(OCC2CCCN2C(=O)Cc2cccc(F)c2)cc1)N1CCCC1. The maximum absolute atomic E-state index is 13.4. The Balaban J connectivity index is 1.31. The van der Waals surface area contributed by atoms with E-state index in [1.165, 1.54) is 12.1 Å². The van der Waals surface area contributed by atoms with Crippen molar-refractivity contribution in [3.05, 3.63) is 65.5 Å². The Morgan fingerprint density at radius 2 is 1.77 bits per heavy atom. The number of rotatable bonds is 6. The molecule has 1 unspecified atom stereocenters. The summed E-state index contributed by atoms with van der Waals surface area (Å²) in [6.07, 6.45) is 4.17. The van der Waals surface area contributed by atoms with Gasteiger partial charge in [-0.25, -0.2) is 4.39 Å². The third-order valence-electron chi connectivity index (χ3n) is 5.88. The van der Waals surface area contributed by atoms with Gasteiger partial charge in [-0.1, -0.05) is 12.1 Å². The lowest BCUT2D eigenvalue weighted by Gasteiger charge is -2.25. The van der Waals surface area contributed by atoms with E-state index >= 15 is 0 Å². The molecule has 2 aliphatic rings. The molecule has 6 heteroatoms. The molecule has 2 saturated heterocycles. The minimum atomic E-state index is -0.326. The molecule has 2 aliphatic heterocycles. The van der Waals surface area contributed by atoms with Gasteiger partial charge in [0.1, 0.15) is 18.2 Å². The van der Waals surface area contributed by atoms with Crippen molar-refractivity contribution < 1.29 is 18.7 Å². The standard InChI is InChI=1S/C24H27FN2O3/c25-20-6-3-5-18(15-20)16-23(28)27-14-4-7-21(27)17-30-22-10-8-19(9-11-22)24(29)26-12-1-2-13-26/h3,5-6,8-11,15,21H,1-2,4,7,12-14,16-17H2. The van der Waals surface area contributed by atoms with Crippen LogP contribution in [-0.2, 0) is 11.2 Å². The number of amides is 2. The van der Waals surface area contributed by atoms with Crippen LogP contribution in [0, 0.1) is 5.82 Å². The van der Waals surface area contributed by atoms with Gasteiger partial charge < -0.3 is 14.5 Å². The van der Waals surface area contributed by atoms with Crippen LogP contribution in [0.15, 0.2) is 48.5 Å². The van der Waals surface area contributed by atoms with Gasteiger partial charge in [0.15, 0.2) is 0 Å². The molecule has 1 atom stereocenters. The molecule has 0 saturated carbocycles. The van der Waals surface area contributed by atoms with Gasteiger partial charge in [0.2, 0.25) is 5.91 Å². The zero-order valence-electron chi connectivity index (χ0n) is 17.1. The first-order valence-corrected chi connectivity index (χ1v) is 10.7. The van der Waals surface area contributed by atoms with Gasteiger partial charge in [-0.3, -0.25) is 9.59 Å². The smallest absolute Gasteiger partial charge is 0.253 e. The molecule has 2 amide bonds. The first-order valence-electron chi connectivity index (χ1n) is 10.7. The number of ether oxygens (including phenoxy) is 1. The quantitative estimate of drug-likeness (QED) is 0.730. The normalized spacial score (nSPS) is 18.6. The Morgan fingerprint density at radius 1 is 1.00 bits per heavy atom. The second-order valence-electron chi connectivity index (χ2n) is 8.02. The first-order chi connectivity index (χ1) is 14.6. The van der Waals surface area contributed by atoms with Gasteiger partial charge in [0.25, 0.3) is 5.91 Å². The largest absolute Gasteiger partial charge is 0.491 e. The molecule has 0 spiro atoms. The molecule has 158 valence electrons. The van der Waals surface area contributed by atoms with Gasteiger partial charge in [0.05, 0.1) is 12.5 Å². The third kappa shape index (κ3) is 4.81. The van der Waals surface area contributed by atoms with Crippen LogP contribution < -0.4 is 4.74 Å². The zero-order chi connectivity index (χ0) is 20.9. The number of hydrogen-bond donors (Lipinski definition) is 0. The molecule has 0 aliphatic carbocycles. The summed E-state index contributed by atoms with van der Waals surface area (Å²) >= 11 is 0. The molecular formula is C24H27FN2O3. The fourth-order valence-electron chi connectivity index (χ4n) is 4.25. The summed E-state index contributed by atoms with van der Waals surface area (Å²) in [6.45, 7) is 2.77. The molecular weight excluding hydrogens is 383 g/mol. The molecule has 2 aromatic rings. The van der Waals surface area contributed by atoms with Crippen molar-refractivity contribution in [1.82, 2.24) is 9.80 Å². The molecule has 2 heterocycles. The number of likely N-dealkylation sites (tertiary alicyclic amines) is 2. The third-order valence-corrected chi connectivity index (χ3v) is 5.88. The van der Waals surface area contributed by atoms with Gasteiger partial charge >= 0.3 is 0 Å². The maximum Gasteiger partial charge on any atom is 0.253 e. The lowest BCUT2D eigenvalue weighted by Crippen LogP contribution is -2.39. The Kier molecular flexibility index (Phi) is 6.31. The van der Waals surface area contributed by atoms with Crippen LogP contribution in [0.25, 0.3) is 0 Å². The van der Waals surface area contributed by atoms with Crippen LogP contribution in [0.5, 0.6) is 5.75 Å².